The molecule has 0 radical (unpaired) electrons. The van der Waals surface area contributed by atoms with Crippen molar-refractivity contribution in [2.24, 2.45) is 0 Å². The van der Waals surface area contributed by atoms with Crippen LogP contribution in [0.5, 0.6) is 0 Å². The normalized spacial score (nSPS) is 10.9. The highest BCUT2D eigenvalue weighted by Gasteiger charge is 2.18. The number of unbranched alkanes of at least 4 members (excludes halogenated alkanes) is 5. The Balaban J connectivity index is 2.59. The molecule has 20 heavy (non-hydrogen) atoms. The third-order valence-electron chi connectivity index (χ3n) is 3.14. The lowest BCUT2D eigenvalue weighted by molar-refractivity contribution is -0.698. The van der Waals surface area contributed by atoms with Gasteiger partial charge in [-0.05, 0) is 6.42 Å². The smallest absolute Gasteiger partial charge is 0.347 e. The molecule has 0 aliphatic rings. The molecule has 0 aromatic carbocycles. The lowest BCUT2D eigenvalue weighted by Crippen LogP contribution is -2.34. The second kappa shape index (κ2) is 8.99. The van der Waals surface area contributed by atoms with Crippen LogP contribution < -0.4 is 4.57 Å². The molecule has 1 aromatic heterocycles. The van der Waals surface area contributed by atoms with E-state index in [1.807, 2.05) is 0 Å². The van der Waals surface area contributed by atoms with Crippen LogP contribution in [0, 0.1) is 3.57 Å². The third-order valence-corrected chi connectivity index (χ3v) is 4.94. The molecule has 0 fully saturated rings. The molecular formula is C14H21INO4+. The predicted octanol–water partition coefficient (Wildman–Crippen LogP) is 3.40. The first-order valence-electron chi connectivity index (χ1n) is 6.88. The minimum atomic E-state index is -3.78. The lowest BCUT2D eigenvalue weighted by atomic mass is 10.1. The van der Waals surface area contributed by atoms with Crippen LogP contribution in [0.4, 0.5) is 0 Å². The lowest BCUT2D eigenvalue weighted by Gasteiger charge is -2.00. The fraction of sp³-hybridized carbons (Fsp3) is 0.571. The van der Waals surface area contributed by atoms with Gasteiger partial charge in [0.05, 0.1) is 5.56 Å². The van der Waals surface area contributed by atoms with Crippen molar-refractivity contribution in [2.75, 3.05) is 0 Å². The average Bonchev–Trinajstić information content (AvgIpc) is 2.42. The Morgan fingerprint density at radius 1 is 1.20 bits per heavy atom. The number of aromatic nitrogens is 1. The van der Waals surface area contributed by atoms with Crippen molar-refractivity contribution in [1.82, 2.24) is 0 Å². The van der Waals surface area contributed by atoms with Crippen LogP contribution in [-0.2, 0) is 12.7 Å². The van der Waals surface area contributed by atoms with Crippen molar-refractivity contribution in [1.29, 1.82) is 0 Å². The van der Waals surface area contributed by atoms with Gasteiger partial charge in [0, 0.05) is 12.5 Å². The Hall–Kier alpha value is -1.05. The minimum Gasteiger partial charge on any atom is -0.478 e. The van der Waals surface area contributed by atoms with Crippen molar-refractivity contribution in [2.45, 2.75) is 52.0 Å². The molecule has 0 amide bonds. The van der Waals surface area contributed by atoms with Gasteiger partial charge >= 0.3 is 25.8 Å². The molecule has 0 saturated carbocycles. The molecule has 1 rings (SSSR count). The molecule has 0 unspecified atom stereocenters. The molecule has 1 N–H and O–H groups in total. The first-order chi connectivity index (χ1) is 9.56. The molecule has 0 spiro atoms. The third kappa shape index (κ3) is 5.52. The molecular weight excluding hydrogens is 373 g/mol. The molecule has 0 bridgehead atoms. The summed E-state index contributed by atoms with van der Waals surface area (Å²) in [5, 5.41) is 8.94. The van der Waals surface area contributed by atoms with E-state index >= 15 is 0 Å². The van der Waals surface area contributed by atoms with E-state index in [0.29, 0.717) is 0 Å². The van der Waals surface area contributed by atoms with Crippen LogP contribution in [0.2, 0.25) is 0 Å². The number of aryl methyl sites for hydroxylation is 1. The molecule has 1 heterocycles. The summed E-state index contributed by atoms with van der Waals surface area (Å²) in [6, 6.07) is 1.37. The molecule has 6 heteroatoms. The summed E-state index contributed by atoms with van der Waals surface area (Å²) in [4.78, 5) is 10.9. The van der Waals surface area contributed by atoms with Crippen LogP contribution in [0.25, 0.3) is 0 Å². The van der Waals surface area contributed by atoms with Crippen LogP contribution >= 0.6 is 19.8 Å². The number of carbonyl (C=O) groups is 1. The Morgan fingerprint density at radius 3 is 2.45 bits per heavy atom. The van der Waals surface area contributed by atoms with E-state index in [0.717, 1.165) is 19.4 Å². The second-order valence-electron chi connectivity index (χ2n) is 4.73. The number of hydrogen-bond acceptors (Lipinski definition) is 3. The maximum Gasteiger partial charge on any atom is 0.347 e. The van der Waals surface area contributed by atoms with Crippen LogP contribution in [0.1, 0.15) is 55.8 Å². The molecule has 0 aliphatic carbocycles. The number of nitrogens with zero attached hydrogens (tertiary/aromatic N) is 1. The molecule has 5 nitrogen and oxygen atoms in total. The topological polar surface area (TPSA) is 75.3 Å². The summed E-state index contributed by atoms with van der Waals surface area (Å²) in [5.74, 6) is -1.19. The average molecular weight is 394 g/mol. The predicted molar refractivity (Wildman–Crippen MR) is 81.1 cm³/mol. The summed E-state index contributed by atoms with van der Waals surface area (Å²) in [6.45, 7) is 2.90. The summed E-state index contributed by atoms with van der Waals surface area (Å²) < 4.78 is 24.1. The number of halogens is 1. The summed E-state index contributed by atoms with van der Waals surface area (Å²) in [5.41, 5.74) is -0.126. The number of pyridine rings is 1. The van der Waals surface area contributed by atoms with Crippen molar-refractivity contribution >= 4 is 25.8 Å². The van der Waals surface area contributed by atoms with Gasteiger partial charge < -0.3 is 5.11 Å². The SMILES string of the molecule is CCCCCCCC[n+]1ccc(C(=O)O)c(I(=O)=O)c1. The van der Waals surface area contributed by atoms with E-state index in [1.165, 1.54) is 37.9 Å². The minimum absolute atomic E-state index is 0.0322. The zero-order valence-electron chi connectivity index (χ0n) is 11.7. The highest BCUT2D eigenvalue weighted by Crippen LogP contribution is 2.19. The summed E-state index contributed by atoms with van der Waals surface area (Å²) >= 11 is -3.78. The van der Waals surface area contributed by atoms with Crippen LogP contribution in [-0.4, -0.2) is 11.1 Å². The highest BCUT2D eigenvalue weighted by atomic mass is 127. The van der Waals surface area contributed by atoms with Crippen molar-refractivity contribution in [3.05, 3.63) is 27.6 Å². The highest BCUT2D eigenvalue weighted by molar-refractivity contribution is 14.2. The van der Waals surface area contributed by atoms with E-state index in [-0.39, 0.29) is 9.13 Å². The van der Waals surface area contributed by atoms with Crippen molar-refractivity contribution in [3.8, 4) is 0 Å². The van der Waals surface area contributed by atoms with Gasteiger partial charge in [-0.15, -0.1) is 0 Å². The number of carboxylic acids is 1. The Bertz CT molecular complexity index is 518. The summed E-state index contributed by atoms with van der Waals surface area (Å²) in [7, 11) is 0. The second-order valence-corrected chi connectivity index (χ2v) is 7.14. The van der Waals surface area contributed by atoms with Gasteiger partial charge in [0.25, 0.3) is 0 Å². The first-order valence-corrected chi connectivity index (χ1v) is 9.72. The monoisotopic (exact) mass is 394 g/mol. The van der Waals surface area contributed by atoms with Gasteiger partial charge in [-0.25, -0.2) is 15.5 Å². The Kier molecular flexibility index (Phi) is 7.64. The van der Waals surface area contributed by atoms with Crippen molar-refractivity contribution < 1.29 is 20.6 Å². The largest absolute Gasteiger partial charge is 0.478 e. The molecule has 112 valence electrons. The van der Waals surface area contributed by atoms with Crippen LogP contribution in [0.15, 0.2) is 18.5 Å². The standard InChI is InChI=1S/C14H20INO4/c1-2-3-4-5-6-7-9-16-10-8-12(14(17)18)13(11-16)15(19)20/h8,10-11H,2-7,9H2,1H3/p+1. The Morgan fingerprint density at radius 2 is 1.85 bits per heavy atom. The number of hydrogen-bond donors (Lipinski definition) is 1. The summed E-state index contributed by atoms with van der Waals surface area (Å²) in [6.07, 6.45) is 10.1. The molecule has 0 aliphatic heterocycles. The molecule has 0 atom stereocenters. The first kappa shape index (κ1) is 17.0. The maximum atomic E-state index is 11.2. The fourth-order valence-electron chi connectivity index (χ4n) is 2.02. The van der Waals surface area contributed by atoms with E-state index in [2.05, 4.69) is 6.92 Å². The van der Waals surface area contributed by atoms with Gasteiger partial charge in [-0.3, -0.25) is 0 Å². The van der Waals surface area contributed by atoms with Crippen molar-refractivity contribution in [3.63, 3.8) is 0 Å². The fourth-order valence-corrected chi connectivity index (χ4v) is 3.49. The zero-order chi connectivity index (χ0) is 15.0. The molecule has 1 aromatic rings. The zero-order valence-corrected chi connectivity index (χ0v) is 13.8. The van der Waals surface area contributed by atoms with Gasteiger partial charge in [0.15, 0.2) is 16.0 Å². The van der Waals surface area contributed by atoms with E-state index in [9.17, 15) is 10.9 Å². The van der Waals surface area contributed by atoms with E-state index in [1.54, 1.807) is 10.8 Å². The number of carboxylic acid groups (broad SMARTS) is 1. The number of aromatic carboxylic acids is 1. The van der Waals surface area contributed by atoms with Gasteiger partial charge in [0.2, 0.25) is 0 Å². The van der Waals surface area contributed by atoms with E-state index < -0.39 is 25.8 Å². The van der Waals surface area contributed by atoms with E-state index in [4.69, 9.17) is 5.11 Å². The van der Waals surface area contributed by atoms with Gasteiger partial charge in [0.1, 0.15) is 6.54 Å². The molecule has 0 saturated heterocycles. The maximum absolute atomic E-state index is 11.2. The van der Waals surface area contributed by atoms with Gasteiger partial charge in [-0.1, -0.05) is 32.6 Å². The number of rotatable bonds is 9. The van der Waals surface area contributed by atoms with Crippen LogP contribution in [0.3, 0.4) is 0 Å². The van der Waals surface area contributed by atoms with Gasteiger partial charge in [-0.2, -0.15) is 0 Å². The Labute approximate surface area is 126 Å². The quantitative estimate of drug-likeness (QED) is 0.396.